The van der Waals surface area contributed by atoms with Gasteiger partial charge in [-0.1, -0.05) is 6.92 Å². The minimum atomic E-state index is -0.190. The SMILES string of the molecule is CCCNC(C)c1nnc(-c2cc[nH]c(=O)c2)o1. The van der Waals surface area contributed by atoms with Gasteiger partial charge < -0.3 is 14.7 Å². The van der Waals surface area contributed by atoms with E-state index in [9.17, 15) is 4.79 Å². The summed E-state index contributed by atoms with van der Waals surface area (Å²) in [6.45, 7) is 4.95. The van der Waals surface area contributed by atoms with E-state index < -0.39 is 0 Å². The number of hydrogen-bond donors (Lipinski definition) is 2. The molecule has 0 bridgehead atoms. The topological polar surface area (TPSA) is 83.8 Å². The first-order valence-corrected chi connectivity index (χ1v) is 5.96. The van der Waals surface area contributed by atoms with Gasteiger partial charge in [-0.2, -0.15) is 0 Å². The van der Waals surface area contributed by atoms with Crippen LogP contribution in [-0.4, -0.2) is 21.7 Å². The van der Waals surface area contributed by atoms with Crippen LogP contribution in [0.2, 0.25) is 0 Å². The molecule has 2 N–H and O–H groups in total. The molecular formula is C12H16N4O2. The Morgan fingerprint density at radius 3 is 3.06 bits per heavy atom. The van der Waals surface area contributed by atoms with Gasteiger partial charge in [0.1, 0.15) is 0 Å². The van der Waals surface area contributed by atoms with Crippen LogP contribution in [0.5, 0.6) is 0 Å². The van der Waals surface area contributed by atoms with Crippen LogP contribution in [0.3, 0.4) is 0 Å². The molecule has 18 heavy (non-hydrogen) atoms. The van der Waals surface area contributed by atoms with Crippen molar-refractivity contribution in [1.29, 1.82) is 0 Å². The third-order valence-electron chi connectivity index (χ3n) is 2.53. The highest BCUT2D eigenvalue weighted by molar-refractivity contribution is 5.50. The van der Waals surface area contributed by atoms with Crippen molar-refractivity contribution in [2.24, 2.45) is 0 Å². The quantitative estimate of drug-likeness (QED) is 0.837. The maximum absolute atomic E-state index is 11.2. The third kappa shape index (κ3) is 2.84. The predicted octanol–water partition coefficient (Wildman–Crippen LogP) is 1.49. The Labute approximate surface area is 104 Å². The van der Waals surface area contributed by atoms with E-state index in [0.717, 1.165) is 13.0 Å². The Bertz CT molecular complexity index is 561. The van der Waals surface area contributed by atoms with Gasteiger partial charge in [-0.15, -0.1) is 10.2 Å². The minimum absolute atomic E-state index is 0.00759. The molecule has 96 valence electrons. The number of aromatic amines is 1. The van der Waals surface area contributed by atoms with Gasteiger partial charge in [0.25, 0.3) is 0 Å². The molecule has 2 heterocycles. The molecule has 0 aliphatic heterocycles. The van der Waals surface area contributed by atoms with Crippen molar-refractivity contribution in [3.63, 3.8) is 0 Å². The third-order valence-corrected chi connectivity index (χ3v) is 2.53. The number of nitrogens with zero attached hydrogens (tertiary/aromatic N) is 2. The molecule has 0 aromatic carbocycles. The summed E-state index contributed by atoms with van der Waals surface area (Å²) in [4.78, 5) is 13.7. The van der Waals surface area contributed by atoms with E-state index in [2.05, 4.69) is 27.4 Å². The molecule has 6 nitrogen and oxygen atoms in total. The average Bonchev–Trinajstić information content (AvgIpc) is 2.85. The largest absolute Gasteiger partial charge is 0.419 e. The van der Waals surface area contributed by atoms with Gasteiger partial charge in [-0.3, -0.25) is 4.79 Å². The molecule has 0 saturated heterocycles. The highest BCUT2D eigenvalue weighted by atomic mass is 16.4. The summed E-state index contributed by atoms with van der Waals surface area (Å²) in [5, 5.41) is 11.2. The molecule has 1 unspecified atom stereocenters. The standard InChI is InChI=1S/C12H16N4O2/c1-3-5-13-8(2)11-15-16-12(18-11)9-4-6-14-10(17)7-9/h4,6-8,13H,3,5H2,1-2H3,(H,14,17). The van der Waals surface area contributed by atoms with Crippen LogP contribution in [0.15, 0.2) is 27.5 Å². The molecule has 0 aliphatic carbocycles. The second-order valence-electron chi connectivity index (χ2n) is 4.06. The lowest BCUT2D eigenvalue weighted by Crippen LogP contribution is -2.19. The van der Waals surface area contributed by atoms with Crippen LogP contribution in [0.1, 0.15) is 32.2 Å². The van der Waals surface area contributed by atoms with Crippen molar-refractivity contribution in [2.75, 3.05) is 6.54 Å². The summed E-state index contributed by atoms with van der Waals surface area (Å²) in [7, 11) is 0. The number of hydrogen-bond acceptors (Lipinski definition) is 5. The zero-order valence-electron chi connectivity index (χ0n) is 10.4. The summed E-state index contributed by atoms with van der Waals surface area (Å²) in [6, 6.07) is 3.16. The lowest BCUT2D eigenvalue weighted by atomic mass is 10.3. The van der Waals surface area contributed by atoms with Gasteiger partial charge in [0.15, 0.2) is 0 Å². The fraction of sp³-hybridized carbons (Fsp3) is 0.417. The number of nitrogens with one attached hydrogen (secondary N) is 2. The van der Waals surface area contributed by atoms with E-state index in [-0.39, 0.29) is 11.6 Å². The molecule has 0 fully saturated rings. The van der Waals surface area contributed by atoms with Crippen molar-refractivity contribution in [3.05, 3.63) is 34.6 Å². The van der Waals surface area contributed by atoms with E-state index in [1.54, 1.807) is 12.3 Å². The summed E-state index contributed by atoms with van der Waals surface area (Å²) in [5.41, 5.74) is 0.435. The van der Waals surface area contributed by atoms with Gasteiger partial charge in [-0.25, -0.2) is 0 Å². The zero-order valence-corrected chi connectivity index (χ0v) is 10.4. The Hall–Kier alpha value is -1.95. The van der Waals surface area contributed by atoms with Gasteiger partial charge in [-0.05, 0) is 26.0 Å². The Morgan fingerprint density at radius 1 is 1.50 bits per heavy atom. The van der Waals surface area contributed by atoms with Gasteiger partial charge in [0.2, 0.25) is 17.3 Å². The summed E-state index contributed by atoms with van der Waals surface area (Å²) >= 11 is 0. The molecule has 0 radical (unpaired) electrons. The van der Waals surface area contributed by atoms with Crippen LogP contribution in [-0.2, 0) is 0 Å². The lowest BCUT2D eigenvalue weighted by molar-refractivity contribution is 0.423. The number of pyridine rings is 1. The molecule has 2 rings (SSSR count). The Morgan fingerprint density at radius 2 is 2.33 bits per heavy atom. The first-order chi connectivity index (χ1) is 8.70. The smallest absolute Gasteiger partial charge is 0.248 e. The molecule has 2 aromatic heterocycles. The van der Waals surface area contributed by atoms with Crippen LogP contribution in [0.25, 0.3) is 11.5 Å². The first-order valence-electron chi connectivity index (χ1n) is 5.96. The summed E-state index contributed by atoms with van der Waals surface area (Å²) in [5.74, 6) is 0.889. The fourth-order valence-corrected chi connectivity index (χ4v) is 1.55. The molecule has 0 saturated carbocycles. The van der Waals surface area contributed by atoms with E-state index in [1.165, 1.54) is 6.07 Å². The van der Waals surface area contributed by atoms with Crippen molar-refractivity contribution in [3.8, 4) is 11.5 Å². The summed E-state index contributed by atoms with van der Waals surface area (Å²) in [6.07, 6.45) is 2.60. The van der Waals surface area contributed by atoms with Crippen molar-refractivity contribution in [1.82, 2.24) is 20.5 Å². The van der Waals surface area contributed by atoms with Gasteiger partial charge in [0.05, 0.1) is 6.04 Å². The second-order valence-corrected chi connectivity index (χ2v) is 4.06. The van der Waals surface area contributed by atoms with E-state index in [0.29, 0.717) is 17.3 Å². The molecule has 6 heteroatoms. The first kappa shape index (κ1) is 12.5. The van der Waals surface area contributed by atoms with Gasteiger partial charge >= 0.3 is 0 Å². The fourth-order valence-electron chi connectivity index (χ4n) is 1.55. The van der Waals surface area contributed by atoms with E-state index >= 15 is 0 Å². The molecule has 1 atom stereocenters. The minimum Gasteiger partial charge on any atom is -0.419 e. The molecular weight excluding hydrogens is 232 g/mol. The highest BCUT2D eigenvalue weighted by Crippen LogP contribution is 2.18. The average molecular weight is 248 g/mol. The normalized spacial score (nSPS) is 12.6. The predicted molar refractivity (Wildman–Crippen MR) is 67.1 cm³/mol. The van der Waals surface area contributed by atoms with Crippen molar-refractivity contribution in [2.45, 2.75) is 26.3 Å². The molecule has 0 amide bonds. The monoisotopic (exact) mass is 248 g/mol. The molecule has 2 aromatic rings. The number of H-pyrrole nitrogens is 1. The van der Waals surface area contributed by atoms with E-state index in [4.69, 9.17) is 4.42 Å². The Kier molecular flexibility index (Phi) is 3.88. The molecule has 0 aliphatic rings. The number of aromatic nitrogens is 3. The summed E-state index contributed by atoms with van der Waals surface area (Å²) < 4.78 is 5.55. The number of rotatable bonds is 5. The van der Waals surface area contributed by atoms with Crippen LogP contribution >= 0.6 is 0 Å². The second kappa shape index (κ2) is 5.59. The van der Waals surface area contributed by atoms with Crippen molar-refractivity contribution < 1.29 is 4.42 Å². The van der Waals surface area contributed by atoms with Gasteiger partial charge in [0, 0.05) is 17.8 Å². The molecule has 0 spiro atoms. The lowest BCUT2D eigenvalue weighted by Gasteiger charge is -2.07. The van der Waals surface area contributed by atoms with Crippen LogP contribution < -0.4 is 10.9 Å². The van der Waals surface area contributed by atoms with E-state index in [1.807, 2.05) is 6.92 Å². The maximum atomic E-state index is 11.2. The maximum Gasteiger partial charge on any atom is 0.248 e. The highest BCUT2D eigenvalue weighted by Gasteiger charge is 2.14. The zero-order chi connectivity index (χ0) is 13.0. The van der Waals surface area contributed by atoms with Crippen LogP contribution in [0.4, 0.5) is 0 Å². The van der Waals surface area contributed by atoms with Crippen LogP contribution in [0, 0.1) is 0 Å². The van der Waals surface area contributed by atoms with Crippen molar-refractivity contribution >= 4 is 0 Å². The Balaban J connectivity index is 2.17.